The first-order valence-corrected chi connectivity index (χ1v) is 14.4. The molecule has 3 N–H and O–H groups in total. The summed E-state index contributed by atoms with van der Waals surface area (Å²) in [6, 6.07) is 14.6. The number of rotatable bonds is 10. The minimum atomic E-state index is -0.865. The SMILES string of the molecule is Cl.O=C(O)CN[C@@H]1CC[C@@]2(OCCCc3ccccc3)C3Cc4ccc(O)c5c4[C@@]2(CCN3CC2CC2)[C@H]1O5. The van der Waals surface area contributed by atoms with E-state index in [9.17, 15) is 15.0 Å². The summed E-state index contributed by atoms with van der Waals surface area (Å²) in [5.41, 5.74) is 2.89. The Morgan fingerprint density at radius 1 is 1.13 bits per heavy atom. The Morgan fingerprint density at radius 3 is 2.72 bits per heavy atom. The maximum absolute atomic E-state index is 11.5. The van der Waals surface area contributed by atoms with Crippen LogP contribution in [-0.4, -0.2) is 71.1 Å². The lowest BCUT2D eigenvalue weighted by Crippen LogP contribution is -2.79. The van der Waals surface area contributed by atoms with Crippen LogP contribution in [0.4, 0.5) is 0 Å². The van der Waals surface area contributed by atoms with Gasteiger partial charge in [-0.25, -0.2) is 0 Å². The van der Waals surface area contributed by atoms with Crippen LogP contribution in [0.25, 0.3) is 0 Å². The van der Waals surface area contributed by atoms with Crippen molar-refractivity contribution in [3.05, 3.63) is 59.2 Å². The Kier molecular flexibility index (Phi) is 7.07. The highest BCUT2D eigenvalue weighted by molar-refractivity contribution is 5.85. The number of likely N-dealkylation sites (tertiary alicyclic amines) is 1. The third-order valence-electron chi connectivity index (χ3n) is 10.1. The number of carboxylic acids is 1. The average Bonchev–Trinajstić information content (AvgIpc) is 3.66. The average molecular weight is 555 g/mol. The van der Waals surface area contributed by atoms with Crippen LogP contribution in [0.2, 0.25) is 0 Å². The summed E-state index contributed by atoms with van der Waals surface area (Å²) in [7, 11) is 0. The number of nitrogens with one attached hydrogen (secondary N) is 1. The summed E-state index contributed by atoms with van der Waals surface area (Å²) in [5, 5.41) is 23.6. The maximum Gasteiger partial charge on any atom is 0.317 e. The normalized spacial score (nSPS) is 32.2. The number of nitrogens with zero attached hydrogens (tertiary/aromatic N) is 1. The van der Waals surface area contributed by atoms with Crippen molar-refractivity contribution in [1.29, 1.82) is 0 Å². The summed E-state index contributed by atoms with van der Waals surface area (Å²) in [6.45, 7) is 2.69. The fraction of sp³-hybridized carbons (Fsp3) is 0.581. The molecule has 1 spiro atoms. The van der Waals surface area contributed by atoms with E-state index >= 15 is 0 Å². The van der Waals surface area contributed by atoms with E-state index in [2.05, 4.69) is 46.6 Å². The third-order valence-corrected chi connectivity index (χ3v) is 10.1. The number of phenolic OH excluding ortho intramolecular Hbond substituents is 1. The number of carboxylic acid groups (broad SMARTS) is 1. The molecular formula is C31H39ClN2O5. The predicted molar refractivity (Wildman–Crippen MR) is 150 cm³/mol. The number of phenols is 1. The Balaban J connectivity index is 0.00000277. The predicted octanol–water partition coefficient (Wildman–Crippen LogP) is 4.08. The Labute approximate surface area is 236 Å². The van der Waals surface area contributed by atoms with Gasteiger partial charge in [-0.3, -0.25) is 9.69 Å². The quantitative estimate of drug-likeness (QED) is 0.381. The van der Waals surface area contributed by atoms with Crippen molar-refractivity contribution in [2.24, 2.45) is 5.92 Å². The molecule has 2 saturated carbocycles. The smallest absolute Gasteiger partial charge is 0.317 e. The lowest BCUT2D eigenvalue weighted by atomic mass is 9.48. The zero-order valence-electron chi connectivity index (χ0n) is 22.3. The summed E-state index contributed by atoms with van der Waals surface area (Å²) < 4.78 is 13.9. The van der Waals surface area contributed by atoms with E-state index in [4.69, 9.17) is 9.47 Å². The first-order valence-electron chi connectivity index (χ1n) is 14.4. The van der Waals surface area contributed by atoms with E-state index in [1.54, 1.807) is 6.07 Å². The van der Waals surface area contributed by atoms with Crippen LogP contribution >= 0.6 is 12.4 Å². The van der Waals surface area contributed by atoms with Crippen molar-refractivity contribution in [2.75, 3.05) is 26.2 Å². The molecule has 0 aromatic heterocycles. The van der Waals surface area contributed by atoms with Crippen LogP contribution in [0.3, 0.4) is 0 Å². The van der Waals surface area contributed by atoms with Gasteiger partial charge in [-0.15, -0.1) is 12.4 Å². The topological polar surface area (TPSA) is 91.3 Å². The number of halogens is 1. The number of hydrogen-bond acceptors (Lipinski definition) is 6. The molecule has 0 amide bonds. The van der Waals surface area contributed by atoms with Crippen molar-refractivity contribution in [3.8, 4) is 11.5 Å². The van der Waals surface area contributed by atoms with Crippen molar-refractivity contribution in [2.45, 2.75) is 80.6 Å². The number of aromatic hydroxyl groups is 1. The standard InChI is InChI=1S/C31H38N2O5.ClH/c34-24-11-10-22-17-25-31(37-16-4-7-20-5-2-1-3-6-20)13-12-23(32-18-26(35)36)29-30(31,27(22)28(24)38-29)14-15-33(25)19-21-8-9-21;/h1-3,5-6,10-11,21,23,25,29,32,34H,4,7-9,12-19H2,(H,35,36);1H/t23-,25?,29+,30+,31-;/m1./s1. The molecule has 39 heavy (non-hydrogen) atoms. The molecule has 1 saturated heterocycles. The van der Waals surface area contributed by atoms with Gasteiger partial charge in [-0.1, -0.05) is 36.4 Å². The highest BCUT2D eigenvalue weighted by Crippen LogP contribution is 2.66. The monoisotopic (exact) mass is 554 g/mol. The number of ether oxygens (including phenoxy) is 2. The van der Waals surface area contributed by atoms with E-state index in [0.29, 0.717) is 12.4 Å². The van der Waals surface area contributed by atoms with Gasteiger partial charge >= 0.3 is 5.97 Å². The first kappa shape index (κ1) is 26.9. The van der Waals surface area contributed by atoms with Gasteiger partial charge < -0.3 is 25.0 Å². The van der Waals surface area contributed by atoms with Gasteiger partial charge in [0.05, 0.1) is 17.6 Å². The van der Waals surface area contributed by atoms with Crippen LogP contribution in [-0.2, 0) is 27.8 Å². The molecule has 210 valence electrons. The molecule has 3 aliphatic carbocycles. The summed E-state index contributed by atoms with van der Waals surface area (Å²) in [4.78, 5) is 14.2. The van der Waals surface area contributed by atoms with E-state index in [0.717, 1.165) is 63.1 Å². The lowest BCUT2D eigenvalue weighted by Gasteiger charge is -2.66. The molecule has 5 aliphatic rings. The van der Waals surface area contributed by atoms with E-state index < -0.39 is 17.0 Å². The van der Waals surface area contributed by atoms with Crippen molar-refractivity contribution >= 4 is 18.4 Å². The molecule has 2 aliphatic heterocycles. The number of piperidine rings is 1. The fourth-order valence-corrected chi connectivity index (χ4v) is 8.35. The number of hydrogen-bond donors (Lipinski definition) is 3. The zero-order valence-corrected chi connectivity index (χ0v) is 23.1. The molecule has 0 radical (unpaired) electrons. The summed E-state index contributed by atoms with van der Waals surface area (Å²) in [6.07, 6.45) is 7.74. The first-order chi connectivity index (χ1) is 18.5. The van der Waals surface area contributed by atoms with Crippen LogP contribution in [0.15, 0.2) is 42.5 Å². The molecule has 7 nitrogen and oxygen atoms in total. The highest BCUT2D eigenvalue weighted by Gasteiger charge is 2.74. The number of aliphatic carboxylic acids is 1. The number of carbonyl (C=O) groups is 1. The Morgan fingerprint density at radius 2 is 1.95 bits per heavy atom. The van der Waals surface area contributed by atoms with Gasteiger partial charge in [0, 0.05) is 30.8 Å². The highest BCUT2D eigenvalue weighted by atomic mass is 35.5. The number of benzene rings is 2. The molecule has 8 heteroatoms. The fourth-order valence-electron chi connectivity index (χ4n) is 8.35. The summed E-state index contributed by atoms with van der Waals surface area (Å²) in [5.74, 6) is 0.709. The summed E-state index contributed by atoms with van der Waals surface area (Å²) >= 11 is 0. The molecule has 2 aromatic carbocycles. The third kappa shape index (κ3) is 4.24. The molecule has 2 aromatic rings. The van der Waals surface area contributed by atoms with Gasteiger partial charge in [0.2, 0.25) is 0 Å². The minimum Gasteiger partial charge on any atom is -0.504 e. The molecule has 3 fully saturated rings. The number of aryl methyl sites for hydroxylation is 1. The van der Waals surface area contributed by atoms with Gasteiger partial charge in [0.1, 0.15) is 6.10 Å². The molecule has 7 rings (SSSR count). The Bertz CT molecular complexity index is 1220. The van der Waals surface area contributed by atoms with Crippen LogP contribution in [0, 0.1) is 5.92 Å². The second-order valence-corrected chi connectivity index (χ2v) is 12.1. The largest absolute Gasteiger partial charge is 0.504 e. The van der Waals surface area contributed by atoms with E-state index in [1.807, 2.05) is 0 Å². The van der Waals surface area contributed by atoms with Crippen molar-refractivity contribution < 1.29 is 24.5 Å². The van der Waals surface area contributed by atoms with Crippen LogP contribution in [0.5, 0.6) is 11.5 Å². The second kappa shape index (κ2) is 10.3. The second-order valence-electron chi connectivity index (χ2n) is 12.1. The van der Waals surface area contributed by atoms with Crippen LogP contribution < -0.4 is 10.1 Å². The van der Waals surface area contributed by atoms with E-state index in [-0.39, 0.29) is 42.9 Å². The van der Waals surface area contributed by atoms with Gasteiger partial charge in [-0.2, -0.15) is 0 Å². The van der Waals surface area contributed by atoms with Crippen LogP contribution in [0.1, 0.15) is 55.2 Å². The van der Waals surface area contributed by atoms with Gasteiger partial charge in [-0.05, 0) is 81.0 Å². The molecule has 2 bridgehead atoms. The molecular weight excluding hydrogens is 516 g/mol. The Hall–Kier alpha value is -2.32. The molecule has 2 heterocycles. The van der Waals surface area contributed by atoms with Gasteiger partial charge in [0.15, 0.2) is 11.5 Å². The zero-order chi connectivity index (χ0) is 25.9. The van der Waals surface area contributed by atoms with E-state index in [1.165, 1.54) is 24.0 Å². The lowest BCUT2D eigenvalue weighted by molar-refractivity contribution is -0.220. The molecule has 1 unspecified atom stereocenters. The van der Waals surface area contributed by atoms with Gasteiger partial charge in [0.25, 0.3) is 0 Å². The maximum atomic E-state index is 11.5. The molecule has 5 atom stereocenters. The van der Waals surface area contributed by atoms with Crippen molar-refractivity contribution in [1.82, 2.24) is 10.2 Å². The van der Waals surface area contributed by atoms with Crippen molar-refractivity contribution in [3.63, 3.8) is 0 Å². The minimum absolute atomic E-state index is 0.